The van der Waals surface area contributed by atoms with E-state index in [1.807, 2.05) is 0 Å². The van der Waals surface area contributed by atoms with Crippen LogP contribution in [0.1, 0.15) is 10.4 Å². The molecule has 0 radical (unpaired) electrons. The number of alkyl halides is 2. The van der Waals surface area contributed by atoms with Crippen LogP contribution in [-0.4, -0.2) is 19.7 Å². The number of halogens is 4. The van der Waals surface area contributed by atoms with Gasteiger partial charge < -0.3 is 9.47 Å². The maximum absolute atomic E-state index is 12.1. The molecule has 0 heterocycles. The lowest BCUT2D eigenvalue weighted by atomic mass is 10.2. The summed E-state index contributed by atoms with van der Waals surface area (Å²) in [6.45, 7) is -3.06. The Balaban J connectivity index is 3.31. The minimum atomic E-state index is -3.06. The number of carbonyl (C=O) groups excluding carboxylic acids is 1. The average Bonchev–Trinajstić information content (AvgIpc) is 2.22. The summed E-state index contributed by atoms with van der Waals surface area (Å²) in [5.41, 5.74) is -0.237. The number of carbonyl (C=O) groups is 1. The lowest BCUT2D eigenvalue weighted by molar-refractivity contribution is -0.0509. The monoisotopic (exact) mass is 314 g/mol. The Morgan fingerprint density at radius 3 is 2.62 bits per heavy atom. The highest BCUT2D eigenvalue weighted by atomic mass is 79.9. The molecule has 0 aliphatic heterocycles. The summed E-state index contributed by atoms with van der Waals surface area (Å²) in [6, 6.07) is 2.77. The van der Waals surface area contributed by atoms with Crippen molar-refractivity contribution in [2.45, 2.75) is 6.61 Å². The zero-order valence-electron chi connectivity index (χ0n) is 7.97. The first-order chi connectivity index (χ1) is 7.47. The zero-order valence-corrected chi connectivity index (χ0v) is 10.3. The molecule has 0 bridgehead atoms. The quantitative estimate of drug-likeness (QED) is 0.801. The highest BCUT2D eigenvalue weighted by Gasteiger charge is 2.22. The Morgan fingerprint density at radius 2 is 2.12 bits per heavy atom. The summed E-state index contributed by atoms with van der Waals surface area (Å²) in [5, 5.41) is -0.0225. The van der Waals surface area contributed by atoms with Gasteiger partial charge in [-0.1, -0.05) is 11.6 Å². The number of ether oxygens (including phenoxy) is 2. The highest BCUT2D eigenvalue weighted by Crippen LogP contribution is 2.35. The van der Waals surface area contributed by atoms with Gasteiger partial charge in [0.25, 0.3) is 0 Å². The van der Waals surface area contributed by atoms with Crippen molar-refractivity contribution in [1.82, 2.24) is 0 Å². The van der Waals surface area contributed by atoms with Crippen LogP contribution in [-0.2, 0) is 4.74 Å². The van der Waals surface area contributed by atoms with Crippen LogP contribution in [0.25, 0.3) is 0 Å². The Kier molecular flexibility index (Phi) is 4.49. The first-order valence-corrected chi connectivity index (χ1v) is 5.15. The molecular formula is C9H6BrClF2O3. The molecule has 0 N–H and O–H groups in total. The molecule has 0 aliphatic carbocycles. The van der Waals surface area contributed by atoms with E-state index in [1.165, 1.54) is 12.1 Å². The van der Waals surface area contributed by atoms with Gasteiger partial charge in [-0.05, 0) is 28.1 Å². The number of esters is 1. The summed E-state index contributed by atoms with van der Waals surface area (Å²) in [7, 11) is 1.12. The molecule has 16 heavy (non-hydrogen) atoms. The third kappa shape index (κ3) is 2.82. The lowest BCUT2D eigenvalue weighted by Crippen LogP contribution is -2.10. The van der Waals surface area contributed by atoms with E-state index >= 15 is 0 Å². The lowest BCUT2D eigenvalue weighted by Gasteiger charge is -2.12. The minimum Gasteiger partial charge on any atom is -0.465 e. The summed E-state index contributed by atoms with van der Waals surface area (Å²) in [5.74, 6) is -1.18. The van der Waals surface area contributed by atoms with Crippen molar-refractivity contribution in [3.05, 3.63) is 27.2 Å². The topological polar surface area (TPSA) is 35.5 Å². The third-order valence-corrected chi connectivity index (χ3v) is 2.59. The average molecular weight is 315 g/mol. The van der Waals surface area contributed by atoms with Crippen LogP contribution in [0.4, 0.5) is 8.78 Å². The van der Waals surface area contributed by atoms with E-state index < -0.39 is 12.6 Å². The van der Waals surface area contributed by atoms with Crippen molar-refractivity contribution in [3.8, 4) is 5.75 Å². The Bertz CT molecular complexity index is 412. The highest BCUT2D eigenvalue weighted by molar-refractivity contribution is 9.10. The van der Waals surface area contributed by atoms with E-state index in [1.54, 1.807) is 0 Å². The van der Waals surface area contributed by atoms with Gasteiger partial charge in [0.2, 0.25) is 0 Å². The Morgan fingerprint density at radius 1 is 1.50 bits per heavy atom. The molecule has 0 aromatic heterocycles. The number of hydrogen-bond acceptors (Lipinski definition) is 3. The zero-order chi connectivity index (χ0) is 12.3. The second-order valence-electron chi connectivity index (χ2n) is 2.60. The Labute approximate surface area is 103 Å². The SMILES string of the molecule is COC(=O)c1c(Cl)ccc(Br)c1OC(F)F. The van der Waals surface area contributed by atoms with E-state index in [4.69, 9.17) is 11.6 Å². The van der Waals surface area contributed by atoms with Gasteiger partial charge in [0.15, 0.2) is 5.75 Å². The molecule has 1 aromatic carbocycles. The standard InChI is InChI=1S/C9H6BrClF2O3/c1-15-8(14)6-5(11)3-2-4(10)7(6)16-9(12)13/h2-3,9H,1H3. The van der Waals surface area contributed by atoms with Gasteiger partial charge >= 0.3 is 12.6 Å². The summed E-state index contributed by atoms with van der Waals surface area (Å²) < 4.78 is 33.1. The maximum atomic E-state index is 12.1. The number of hydrogen-bond donors (Lipinski definition) is 0. The van der Waals surface area contributed by atoms with Gasteiger partial charge in [0, 0.05) is 0 Å². The fourth-order valence-corrected chi connectivity index (χ4v) is 1.68. The fourth-order valence-electron chi connectivity index (χ4n) is 1.03. The normalized spacial score (nSPS) is 10.4. The molecule has 1 aromatic rings. The van der Waals surface area contributed by atoms with Crippen molar-refractivity contribution < 1.29 is 23.0 Å². The maximum Gasteiger partial charge on any atom is 0.387 e. The molecule has 0 saturated heterocycles. The van der Waals surface area contributed by atoms with Crippen molar-refractivity contribution in [2.24, 2.45) is 0 Å². The molecule has 0 fully saturated rings. The second-order valence-corrected chi connectivity index (χ2v) is 3.86. The van der Waals surface area contributed by atoms with Crippen LogP contribution in [0.5, 0.6) is 5.75 Å². The van der Waals surface area contributed by atoms with E-state index in [-0.39, 0.29) is 20.8 Å². The van der Waals surface area contributed by atoms with E-state index in [2.05, 4.69) is 25.4 Å². The fraction of sp³-hybridized carbons (Fsp3) is 0.222. The molecule has 0 saturated carbocycles. The predicted molar refractivity (Wildman–Crippen MR) is 57.1 cm³/mol. The number of methoxy groups -OCH3 is 1. The van der Waals surface area contributed by atoms with Crippen LogP contribution in [0, 0.1) is 0 Å². The molecule has 0 aliphatic rings. The summed E-state index contributed by atoms with van der Waals surface area (Å²) in [4.78, 5) is 11.3. The molecule has 1 rings (SSSR count). The molecule has 3 nitrogen and oxygen atoms in total. The molecule has 0 unspecified atom stereocenters. The van der Waals surface area contributed by atoms with Gasteiger partial charge in [0.05, 0.1) is 16.6 Å². The summed E-state index contributed by atoms with van der Waals surface area (Å²) in [6.07, 6.45) is 0. The van der Waals surface area contributed by atoms with Gasteiger partial charge in [0.1, 0.15) is 5.56 Å². The van der Waals surface area contributed by atoms with E-state index in [0.717, 1.165) is 7.11 Å². The molecular weight excluding hydrogens is 309 g/mol. The van der Waals surface area contributed by atoms with Crippen molar-refractivity contribution in [1.29, 1.82) is 0 Å². The second kappa shape index (κ2) is 5.45. The first-order valence-electron chi connectivity index (χ1n) is 3.98. The van der Waals surface area contributed by atoms with Crippen molar-refractivity contribution >= 4 is 33.5 Å². The van der Waals surface area contributed by atoms with E-state index in [9.17, 15) is 13.6 Å². The first kappa shape index (κ1) is 13.2. The smallest absolute Gasteiger partial charge is 0.387 e. The predicted octanol–water partition coefficient (Wildman–Crippen LogP) is 3.49. The molecule has 0 atom stereocenters. The third-order valence-electron chi connectivity index (χ3n) is 1.66. The minimum absolute atomic E-state index is 0.0225. The van der Waals surface area contributed by atoms with Gasteiger partial charge in [-0.3, -0.25) is 0 Å². The van der Waals surface area contributed by atoms with Gasteiger partial charge in [-0.2, -0.15) is 8.78 Å². The molecule has 0 spiro atoms. The van der Waals surface area contributed by atoms with Crippen molar-refractivity contribution in [2.75, 3.05) is 7.11 Å². The van der Waals surface area contributed by atoms with Crippen LogP contribution >= 0.6 is 27.5 Å². The van der Waals surface area contributed by atoms with Crippen LogP contribution in [0.2, 0.25) is 5.02 Å². The van der Waals surface area contributed by atoms with E-state index in [0.29, 0.717) is 0 Å². The van der Waals surface area contributed by atoms with Gasteiger partial charge in [-0.15, -0.1) is 0 Å². The largest absolute Gasteiger partial charge is 0.465 e. The molecule has 0 amide bonds. The van der Waals surface area contributed by atoms with Crippen molar-refractivity contribution in [3.63, 3.8) is 0 Å². The summed E-state index contributed by atoms with van der Waals surface area (Å²) >= 11 is 8.69. The Hall–Kier alpha value is -0.880. The number of rotatable bonds is 3. The molecule has 88 valence electrons. The number of benzene rings is 1. The van der Waals surface area contributed by atoms with Gasteiger partial charge in [-0.25, -0.2) is 4.79 Å². The molecule has 7 heteroatoms. The van der Waals surface area contributed by atoms with Crippen LogP contribution in [0.3, 0.4) is 0 Å². The van der Waals surface area contributed by atoms with Crippen LogP contribution in [0.15, 0.2) is 16.6 Å². The van der Waals surface area contributed by atoms with Crippen LogP contribution < -0.4 is 4.74 Å².